The van der Waals surface area contributed by atoms with Gasteiger partial charge in [-0.3, -0.25) is 9.59 Å². The van der Waals surface area contributed by atoms with Crippen molar-refractivity contribution in [2.75, 3.05) is 5.75 Å². The number of nitrogens with one attached hydrogen (secondary N) is 1. The highest BCUT2D eigenvalue weighted by molar-refractivity contribution is 7.99. The Morgan fingerprint density at radius 1 is 0.882 bits per heavy atom. The number of hydrogen-bond acceptors (Lipinski definition) is 10. The summed E-state index contributed by atoms with van der Waals surface area (Å²) in [6.45, 7) is 0.319. The molecule has 13 heteroatoms. The van der Waals surface area contributed by atoms with Crippen LogP contribution in [0.5, 0.6) is 5.75 Å². The molecule has 3 unspecified atom stereocenters. The third-order valence-electron chi connectivity index (χ3n) is 8.58. The van der Waals surface area contributed by atoms with Gasteiger partial charge in [0.2, 0.25) is 11.1 Å². The molecule has 1 aliphatic rings. The number of aromatic hydroxyl groups is 1. The number of carbonyl (C=O) groups excluding carboxylic acids is 1. The zero-order chi connectivity index (χ0) is 35.6. The maximum absolute atomic E-state index is 12.4. The van der Waals surface area contributed by atoms with Gasteiger partial charge in [0.05, 0.1) is 24.5 Å². The number of aliphatic hydroxyl groups is 1. The molecule has 0 aliphatic carbocycles. The second-order valence-electron chi connectivity index (χ2n) is 12.2. The van der Waals surface area contributed by atoms with Gasteiger partial charge in [0.15, 0.2) is 6.29 Å². The van der Waals surface area contributed by atoms with E-state index in [2.05, 4.69) is 20.8 Å². The molecule has 6 rings (SSSR count). The lowest BCUT2D eigenvalue weighted by Crippen LogP contribution is -2.31. The Labute approximate surface area is 299 Å². The predicted octanol–water partition coefficient (Wildman–Crippen LogP) is 6.13. The van der Waals surface area contributed by atoms with Crippen LogP contribution in [-0.4, -0.2) is 59.3 Å². The number of phenolic OH excluding ortho intramolecular Hbond substituents is 1. The number of hydrogen-bond donors (Lipinski definition) is 4. The Morgan fingerprint density at radius 3 is 2.35 bits per heavy atom. The summed E-state index contributed by atoms with van der Waals surface area (Å²) < 4.78 is 14.7. The molecule has 0 spiro atoms. The van der Waals surface area contributed by atoms with Gasteiger partial charge in [0, 0.05) is 37.1 Å². The Hall–Kier alpha value is -5.08. The first-order chi connectivity index (χ1) is 24.9. The van der Waals surface area contributed by atoms with Gasteiger partial charge in [-0.05, 0) is 75.4 Å². The number of aromatic nitrogens is 4. The van der Waals surface area contributed by atoms with Crippen molar-refractivity contribution in [3.63, 3.8) is 0 Å². The molecule has 1 aromatic heterocycles. The number of carboxylic acid groups (broad SMARTS) is 1. The van der Waals surface area contributed by atoms with Gasteiger partial charge >= 0.3 is 5.97 Å². The minimum Gasteiger partial charge on any atom is -0.508 e. The standard InChI is InChI=1S/C38H39N5O7S/c44-23-25-9-11-27(12-10-25)34-21-32(24-51-38-40-41-42-43(38)30-17-19-31(45)20-18-30)49-37(50-34)28-15-13-26(14-16-28)33-6-2-1-5-29(33)22-39-35(46)7-3-4-8-36(47)48/h1-2,5-6,9-20,32,34,37,44-45H,3-4,7-8,21-24H2,(H,39,46)(H,47,48). The molecule has 3 atom stereocenters. The summed E-state index contributed by atoms with van der Waals surface area (Å²) in [6, 6.07) is 30.3. The number of phenols is 1. The molecule has 1 fully saturated rings. The number of aliphatic carboxylic acids is 1. The normalized spacial score (nSPS) is 17.2. The summed E-state index contributed by atoms with van der Waals surface area (Å²) in [6.07, 6.45) is 0.816. The number of nitrogens with zero attached hydrogens (tertiary/aromatic N) is 4. The van der Waals surface area contributed by atoms with Crippen LogP contribution in [-0.2, 0) is 32.2 Å². The van der Waals surface area contributed by atoms with Gasteiger partial charge in [-0.15, -0.1) is 5.10 Å². The van der Waals surface area contributed by atoms with Crippen LogP contribution < -0.4 is 5.32 Å². The van der Waals surface area contributed by atoms with Crippen molar-refractivity contribution in [3.05, 3.63) is 119 Å². The SMILES string of the molecule is O=C(O)CCCCC(=O)NCc1ccccc1-c1ccc(C2OC(CSc3nnnn3-c3ccc(O)cc3)CC(c3ccc(CO)cc3)O2)cc1. The molecular weight excluding hydrogens is 671 g/mol. The molecule has 0 radical (unpaired) electrons. The number of tetrazole rings is 1. The maximum Gasteiger partial charge on any atom is 0.303 e. The lowest BCUT2D eigenvalue weighted by atomic mass is 9.97. The molecule has 1 saturated heterocycles. The second kappa shape index (κ2) is 17.2. The Balaban J connectivity index is 1.15. The minimum absolute atomic E-state index is 0.0387. The Bertz CT molecular complexity index is 1900. The van der Waals surface area contributed by atoms with Crippen molar-refractivity contribution >= 4 is 23.6 Å². The van der Waals surface area contributed by atoms with Gasteiger partial charge in [0.1, 0.15) is 5.75 Å². The van der Waals surface area contributed by atoms with E-state index in [1.165, 1.54) is 11.8 Å². The zero-order valence-corrected chi connectivity index (χ0v) is 28.6. The van der Waals surface area contributed by atoms with Gasteiger partial charge < -0.3 is 30.1 Å². The summed E-state index contributed by atoms with van der Waals surface area (Å²) in [5, 5.41) is 43.8. The molecular formula is C38H39N5O7S. The highest BCUT2D eigenvalue weighted by Gasteiger charge is 2.33. The summed E-state index contributed by atoms with van der Waals surface area (Å²) in [7, 11) is 0. The van der Waals surface area contributed by atoms with Crippen LogP contribution in [0.2, 0.25) is 0 Å². The third kappa shape index (κ3) is 9.58. The van der Waals surface area contributed by atoms with Gasteiger partial charge in [-0.25, -0.2) is 0 Å². The predicted molar refractivity (Wildman–Crippen MR) is 190 cm³/mol. The van der Waals surface area contributed by atoms with E-state index in [4.69, 9.17) is 14.6 Å². The Morgan fingerprint density at radius 2 is 1.61 bits per heavy atom. The lowest BCUT2D eigenvalue weighted by Gasteiger charge is -2.36. The quantitative estimate of drug-likeness (QED) is 0.0729. The highest BCUT2D eigenvalue weighted by Crippen LogP contribution is 2.40. The largest absolute Gasteiger partial charge is 0.508 e. The number of ether oxygens (including phenoxy) is 2. The molecule has 4 aromatic carbocycles. The van der Waals surface area contributed by atoms with E-state index >= 15 is 0 Å². The number of carboxylic acids is 1. The molecule has 2 heterocycles. The molecule has 5 aromatic rings. The molecule has 12 nitrogen and oxygen atoms in total. The second-order valence-corrected chi connectivity index (χ2v) is 13.2. The topological polar surface area (TPSA) is 169 Å². The molecule has 1 aliphatic heterocycles. The van der Waals surface area contributed by atoms with Crippen LogP contribution in [0.25, 0.3) is 16.8 Å². The first-order valence-electron chi connectivity index (χ1n) is 16.7. The van der Waals surface area contributed by atoms with Gasteiger partial charge in [-0.2, -0.15) is 4.68 Å². The van der Waals surface area contributed by atoms with Gasteiger partial charge in [-0.1, -0.05) is 84.6 Å². The van der Waals surface area contributed by atoms with Crippen LogP contribution in [0.15, 0.2) is 102 Å². The minimum atomic E-state index is -0.855. The fourth-order valence-corrected chi connectivity index (χ4v) is 6.74. The van der Waals surface area contributed by atoms with E-state index in [9.17, 15) is 19.8 Å². The van der Waals surface area contributed by atoms with Crippen molar-refractivity contribution < 1.29 is 34.4 Å². The highest BCUT2D eigenvalue weighted by atomic mass is 32.2. The van der Waals surface area contributed by atoms with Crippen molar-refractivity contribution in [2.45, 2.75) is 68.9 Å². The molecule has 0 saturated carbocycles. The fourth-order valence-electron chi connectivity index (χ4n) is 5.83. The molecule has 51 heavy (non-hydrogen) atoms. The van der Waals surface area contributed by atoms with E-state index in [1.807, 2.05) is 72.8 Å². The van der Waals surface area contributed by atoms with Crippen LogP contribution in [0.1, 0.15) is 66.8 Å². The van der Waals surface area contributed by atoms with Crippen LogP contribution in [0, 0.1) is 0 Å². The first kappa shape index (κ1) is 35.7. The summed E-state index contributed by atoms with van der Waals surface area (Å²) in [5.41, 5.74) is 6.32. The smallest absolute Gasteiger partial charge is 0.303 e. The molecule has 264 valence electrons. The van der Waals surface area contributed by atoms with Gasteiger partial charge in [0.25, 0.3) is 0 Å². The van der Waals surface area contributed by atoms with Crippen molar-refractivity contribution in [1.29, 1.82) is 0 Å². The van der Waals surface area contributed by atoms with Crippen LogP contribution >= 0.6 is 11.8 Å². The Kier molecular flexibility index (Phi) is 12.1. The number of aliphatic hydroxyl groups excluding tert-OH is 1. The average Bonchev–Trinajstić information content (AvgIpc) is 3.64. The number of benzene rings is 4. The third-order valence-corrected chi connectivity index (χ3v) is 9.63. The number of unbranched alkanes of at least 4 members (excludes halogenated alkanes) is 1. The van der Waals surface area contributed by atoms with Crippen molar-refractivity contribution in [3.8, 4) is 22.6 Å². The summed E-state index contributed by atoms with van der Waals surface area (Å²) in [5.74, 6) is -0.251. The number of carbonyl (C=O) groups is 2. The fraction of sp³-hybridized carbons (Fsp3) is 0.289. The molecule has 1 amide bonds. The summed E-state index contributed by atoms with van der Waals surface area (Å²) in [4.78, 5) is 23.1. The van der Waals surface area contributed by atoms with E-state index in [0.717, 1.165) is 39.1 Å². The van der Waals surface area contributed by atoms with E-state index in [-0.39, 0.29) is 43.3 Å². The number of amides is 1. The van der Waals surface area contributed by atoms with Crippen LogP contribution in [0.3, 0.4) is 0 Å². The number of rotatable bonds is 15. The van der Waals surface area contributed by atoms with E-state index < -0.39 is 12.3 Å². The average molecular weight is 710 g/mol. The monoisotopic (exact) mass is 709 g/mol. The number of thioether (sulfide) groups is 1. The summed E-state index contributed by atoms with van der Waals surface area (Å²) >= 11 is 1.47. The maximum atomic E-state index is 12.4. The lowest BCUT2D eigenvalue weighted by molar-refractivity contribution is -0.245. The van der Waals surface area contributed by atoms with Crippen LogP contribution in [0.4, 0.5) is 0 Å². The molecule has 0 bridgehead atoms. The van der Waals surface area contributed by atoms with Crippen molar-refractivity contribution in [1.82, 2.24) is 25.5 Å². The van der Waals surface area contributed by atoms with E-state index in [0.29, 0.717) is 36.7 Å². The van der Waals surface area contributed by atoms with Crippen molar-refractivity contribution in [2.24, 2.45) is 0 Å². The van der Waals surface area contributed by atoms with E-state index in [1.54, 1.807) is 28.9 Å². The zero-order valence-electron chi connectivity index (χ0n) is 27.8. The first-order valence-corrected chi connectivity index (χ1v) is 17.7. The molecule has 4 N–H and O–H groups in total.